The Balaban J connectivity index is 3.60. The summed E-state index contributed by atoms with van der Waals surface area (Å²) < 4.78 is 37.6. The summed E-state index contributed by atoms with van der Waals surface area (Å²) in [5.41, 5.74) is 4.26. The third-order valence-electron chi connectivity index (χ3n) is 1.24. The number of hydrogen-bond acceptors (Lipinski definition) is 1. The molecule has 1 rings (SSSR count). The molecule has 1 aromatic carbocycles. The molecule has 0 aliphatic carbocycles. The van der Waals surface area contributed by atoms with Crippen LogP contribution in [-0.4, -0.2) is 0 Å². The lowest BCUT2D eigenvalue weighted by Crippen LogP contribution is -2.00. The van der Waals surface area contributed by atoms with Crippen LogP contribution in [0.5, 0.6) is 0 Å². The molecule has 6 heteroatoms. The first-order valence-corrected chi connectivity index (χ1v) is 3.49. The van der Waals surface area contributed by atoms with Crippen molar-refractivity contribution in [2.24, 2.45) is 0 Å². The van der Waals surface area contributed by atoms with E-state index in [2.05, 4.69) is 0 Å². The molecule has 0 radical (unpaired) electrons. The molecule has 0 heterocycles. The molecule has 0 atom stereocenters. The number of hydrogen-bond donors (Lipinski definition) is 1. The first kappa shape index (κ1) is 9.48. The zero-order valence-corrected chi connectivity index (χ0v) is 6.98. The van der Waals surface area contributed by atoms with Gasteiger partial charge in [-0.05, 0) is 0 Å². The zero-order chi connectivity index (χ0) is 9.46. The van der Waals surface area contributed by atoms with Crippen molar-refractivity contribution in [1.29, 1.82) is 0 Å². The summed E-state index contributed by atoms with van der Waals surface area (Å²) in [4.78, 5) is 0. The normalized spacial score (nSPS) is 10.4. The highest BCUT2D eigenvalue weighted by molar-refractivity contribution is 6.43. The summed E-state index contributed by atoms with van der Waals surface area (Å²) in [6, 6.07) is 0. The van der Waals surface area contributed by atoms with Crippen molar-refractivity contribution in [3.8, 4) is 0 Å². The van der Waals surface area contributed by atoms with E-state index >= 15 is 0 Å². The van der Waals surface area contributed by atoms with Crippen LogP contribution in [0.2, 0.25) is 10.0 Å². The molecule has 0 fully saturated rings. The van der Waals surface area contributed by atoms with E-state index < -0.39 is 33.2 Å². The van der Waals surface area contributed by atoms with Crippen LogP contribution in [0.3, 0.4) is 0 Å². The number of benzene rings is 1. The number of nitrogen functional groups attached to an aromatic ring is 1. The average molecular weight is 216 g/mol. The highest BCUT2D eigenvalue weighted by Gasteiger charge is 2.20. The molecule has 0 spiro atoms. The minimum atomic E-state index is -1.72. The van der Waals surface area contributed by atoms with Gasteiger partial charge in [-0.1, -0.05) is 23.2 Å². The molecule has 0 saturated carbocycles. The van der Waals surface area contributed by atoms with Crippen LogP contribution in [0, 0.1) is 17.5 Å². The van der Waals surface area contributed by atoms with E-state index in [1.165, 1.54) is 0 Å². The minimum absolute atomic E-state index is 0.520. The Morgan fingerprint density at radius 1 is 0.833 bits per heavy atom. The standard InChI is InChI=1S/C6H2Cl2F3N/c7-1-2(8)6(12)5(11)4(10)3(1)9/h12H2. The molecule has 66 valence electrons. The molecule has 0 saturated heterocycles. The first-order chi connectivity index (χ1) is 5.46. The van der Waals surface area contributed by atoms with Gasteiger partial charge in [0.1, 0.15) is 5.02 Å². The molecule has 1 aromatic rings. The molecule has 0 aliphatic rings. The van der Waals surface area contributed by atoms with Crippen LogP contribution in [-0.2, 0) is 0 Å². The summed E-state index contributed by atoms with van der Waals surface area (Å²) in [7, 11) is 0. The third kappa shape index (κ3) is 1.21. The van der Waals surface area contributed by atoms with Gasteiger partial charge in [0.05, 0.1) is 10.7 Å². The van der Waals surface area contributed by atoms with Gasteiger partial charge in [0.15, 0.2) is 17.5 Å². The van der Waals surface area contributed by atoms with Crippen molar-refractivity contribution >= 4 is 28.9 Å². The van der Waals surface area contributed by atoms with Gasteiger partial charge in [-0.2, -0.15) is 0 Å². The smallest absolute Gasteiger partial charge is 0.198 e. The Morgan fingerprint density at radius 2 is 1.33 bits per heavy atom. The van der Waals surface area contributed by atoms with Gasteiger partial charge in [-0.25, -0.2) is 13.2 Å². The lowest BCUT2D eigenvalue weighted by atomic mass is 10.3. The predicted molar refractivity (Wildman–Crippen MR) is 40.7 cm³/mol. The quantitative estimate of drug-likeness (QED) is 0.402. The SMILES string of the molecule is Nc1c(F)c(F)c(F)c(Cl)c1Cl. The van der Waals surface area contributed by atoms with E-state index in [0.717, 1.165) is 0 Å². The Kier molecular flexibility index (Phi) is 2.39. The maximum Gasteiger partial charge on any atom is 0.198 e. The Bertz CT molecular complexity index is 235. The topological polar surface area (TPSA) is 26.0 Å². The molecule has 1 nitrogen and oxygen atoms in total. The first-order valence-electron chi connectivity index (χ1n) is 2.73. The third-order valence-corrected chi connectivity index (χ3v) is 2.09. The van der Waals surface area contributed by atoms with Crippen molar-refractivity contribution in [1.82, 2.24) is 0 Å². The Labute approximate surface area is 75.9 Å². The van der Waals surface area contributed by atoms with Crippen molar-refractivity contribution in [2.45, 2.75) is 0 Å². The largest absolute Gasteiger partial charge is 0.395 e. The second-order valence-electron chi connectivity index (χ2n) is 1.98. The van der Waals surface area contributed by atoms with Crippen LogP contribution in [0.4, 0.5) is 18.9 Å². The molecule has 0 unspecified atom stereocenters. The van der Waals surface area contributed by atoms with Gasteiger partial charge in [-0.15, -0.1) is 0 Å². The maximum absolute atomic E-state index is 12.5. The lowest BCUT2D eigenvalue weighted by molar-refractivity contribution is 0.450. The Morgan fingerprint density at radius 3 is 1.83 bits per heavy atom. The van der Waals surface area contributed by atoms with Crippen LogP contribution in [0.15, 0.2) is 0 Å². The fraction of sp³-hybridized carbons (Fsp3) is 0. The van der Waals surface area contributed by atoms with Crippen LogP contribution in [0.25, 0.3) is 0 Å². The second kappa shape index (κ2) is 3.03. The average Bonchev–Trinajstić information content (AvgIpc) is 2.08. The van der Waals surface area contributed by atoms with Gasteiger partial charge in [0.2, 0.25) is 0 Å². The van der Waals surface area contributed by atoms with E-state index in [1.54, 1.807) is 0 Å². The van der Waals surface area contributed by atoms with E-state index in [9.17, 15) is 13.2 Å². The van der Waals surface area contributed by atoms with E-state index in [1.807, 2.05) is 0 Å². The van der Waals surface area contributed by atoms with Crippen molar-refractivity contribution in [2.75, 3.05) is 5.73 Å². The fourth-order valence-electron chi connectivity index (χ4n) is 0.622. The minimum Gasteiger partial charge on any atom is -0.395 e. The van der Waals surface area contributed by atoms with E-state index in [0.29, 0.717) is 0 Å². The zero-order valence-electron chi connectivity index (χ0n) is 5.47. The molecule has 12 heavy (non-hydrogen) atoms. The van der Waals surface area contributed by atoms with Gasteiger partial charge >= 0.3 is 0 Å². The van der Waals surface area contributed by atoms with Gasteiger partial charge in [0.25, 0.3) is 0 Å². The summed E-state index contributed by atoms with van der Waals surface area (Å²) in [6.07, 6.45) is 0. The molecule has 0 bridgehead atoms. The van der Waals surface area contributed by atoms with Crippen molar-refractivity contribution < 1.29 is 13.2 Å². The number of halogens is 5. The maximum atomic E-state index is 12.5. The van der Waals surface area contributed by atoms with Gasteiger partial charge < -0.3 is 5.73 Å². The summed E-state index contributed by atoms with van der Waals surface area (Å²) in [6.45, 7) is 0. The molecule has 0 aliphatic heterocycles. The molecule has 2 N–H and O–H groups in total. The number of nitrogens with two attached hydrogens (primary N) is 1. The second-order valence-corrected chi connectivity index (χ2v) is 2.74. The summed E-state index contributed by atoms with van der Waals surface area (Å²) in [5.74, 6) is -4.78. The number of rotatable bonds is 0. The molecular formula is C6H2Cl2F3N. The summed E-state index contributed by atoms with van der Waals surface area (Å²) in [5, 5.41) is -1.24. The van der Waals surface area contributed by atoms with E-state index in [4.69, 9.17) is 28.9 Å². The monoisotopic (exact) mass is 215 g/mol. The highest BCUT2D eigenvalue weighted by atomic mass is 35.5. The molecular weight excluding hydrogens is 214 g/mol. The number of anilines is 1. The van der Waals surface area contributed by atoms with Crippen molar-refractivity contribution in [3.05, 3.63) is 27.5 Å². The summed E-state index contributed by atoms with van der Waals surface area (Å²) >= 11 is 10.4. The van der Waals surface area contributed by atoms with Crippen LogP contribution < -0.4 is 5.73 Å². The van der Waals surface area contributed by atoms with Crippen LogP contribution in [0.1, 0.15) is 0 Å². The Hall–Kier alpha value is -0.610. The van der Waals surface area contributed by atoms with Gasteiger partial charge in [-0.3, -0.25) is 0 Å². The van der Waals surface area contributed by atoms with E-state index in [-0.39, 0.29) is 0 Å². The fourth-order valence-corrected chi connectivity index (χ4v) is 0.973. The lowest BCUT2D eigenvalue weighted by Gasteiger charge is -2.04. The van der Waals surface area contributed by atoms with Gasteiger partial charge in [0, 0.05) is 0 Å². The highest BCUT2D eigenvalue weighted by Crippen LogP contribution is 2.34. The van der Waals surface area contributed by atoms with Crippen LogP contribution >= 0.6 is 23.2 Å². The molecule has 0 aromatic heterocycles. The predicted octanol–water partition coefficient (Wildman–Crippen LogP) is 2.99. The molecule has 0 amide bonds. The van der Waals surface area contributed by atoms with Crippen molar-refractivity contribution in [3.63, 3.8) is 0 Å².